The summed E-state index contributed by atoms with van der Waals surface area (Å²) >= 11 is 11.9. The summed E-state index contributed by atoms with van der Waals surface area (Å²) in [7, 11) is 0. The van der Waals surface area contributed by atoms with Gasteiger partial charge in [-0.1, -0.05) is 23.2 Å². The number of benzene rings is 2. The second-order valence-corrected chi connectivity index (χ2v) is 7.31. The molecule has 8 heteroatoms. The average Bonchev–Trinajstić information content (AvgIpc) is 2.70. The van der Waals surface area contributed by atoms with E-state index in [-0.39, 0.29) is 17.6 Å². The summed E-state index contributed by atoms with van der Waals surface area (Å²) in [6, 6.07) is 11.0. The first-order valence-electron chi connectivity index (χ1n) is 8.84. The molecule has 2 aromatic carbocycles. The number of hydrogen-bond acceptors (Lipinski definition) is 4. The number of ether oxygens (including phenoxy) is 1. The van der Waals surface area contributed by atoms with E-state index in [1.165, 1.54) is 12.1 Å². The molecule has 0 radical (unpaired) electrons. The zero-order valence-electron chi connectivity index (χ0n) is 15.3. The van der Waals surface area contributed by atoms with Gasteiger partial charge in [0.05, 0.1) is 10.0 Å². The van der Waals surface area contributed by atoms with E-state index in [1.54, 1.807) is 47.1 Å². The van der Waals surface area contributed by atoms with Crippen LogP contribution in [0.15, 0.2) is 42.5 Å². The lowest BCUT2D eigenvalue weighted by molar-refractivity contribution is -0.139. The Balaban J connectivity index is 1.55. The topological polar surface area (TPSA) is 70.1 Å². The molecule has 6 nitrogen and oxygen atoms in total. The van der Waals surface area contributed by atoms with Crippen LogP contribution in [0.3, 0.4) is 0 Å². The van der Waals surface area contributed by atoms with Crippen LogP contribution in [0, 0.1) is 0 Å². The molecule has 1 heterocycles. The van der Waals surface area contributed by atoms with Gasteiger partial charge < -0.3 is 19.6 Å². The van der Waals surface area contributed by atoms with Gasteiger partial charge in [0, 0.05) is 31.7 Å². The maximum absolute atomic E-state index is 12.6. The molecule has 28 heavy (non-hydrogen) atoms. The van der Waals surface area contributed by atoms with E-state index >= 15 is 0 Å². The van der Waals surface area contributed by atoms with Crippen LogP contribution < -0.4 is 4.74 Å². The molecule has 1 fully saturated rings. The Morgan fingerprint density at radius 3 is 2.18 bits per heavy atom. The Bertz CT molecular complexity index is 865. The van der Waals surface area contributed by atoms with Crippen LogP contribution >= 0.6 is 23.2 Å². The Hall–Kier alpha value is -2.44. The van der Waals surface area contributed by atoms with Crippen molar-refractivity contribution in [3.05, 3.63) is 58.1 Å². The maximum Gasteiger partial charge on any atom is 0.263 e. The van der Waals surface area contributed by atoms with Crippen molar-refractivity contribution < 1.29 is 19.4 Å². The number of phenols is 1. The normalized spacial score (nSPS) is 15.2. The van der Waals surface area contributed by atoms with Crippen molar-refractivity contribution in [3.63, 3.8) is 0 Å². The van der Waals surface area contributed by atoms with Crippen molar-refractivity contribution in [2.24, 2.45) is 0 Å². The summed E-state index contributed by atoms with van der Waals surface area (Å²) in [4.78, 5) is 28.6. The summed E-state index contributed by atoms with van der Waals surface area (Å²) in [5.74, 6) is 0.356. The molecule has 1 aliphatic heterocycles. The van der Waals surface area contributed by atoms with Gasteiger partial charge in [0.2, 0.25) is 0 Å². The summed E-state index contributed by atoms with van der Waals surface area (Å²) in [6.07, 6.45) is -0.665. The minimum Gasteiger partial charge on any atom is -0.508 e. The first-order valence-corrected chi connectivity index (χ1v) is 9.59. The molecule has 1 saturated heterocycles. The van der Waals surface area contributed by atoms with Crippen LogP contribution in [0.5, 0.6) is 11.5 Å². The number of halogens is 2. The zero-order valence-corrected chi connectivity index (χ0v) is 16.8. The smallest absolute Gasteiger partial charge is 0.263 e. The molecule has 0 aromatic heterocycles. The second-order valence-electron chi connectivity index (χ2n) is 6.50. The molecule has 0 bridgehead atoms. The Morgan fingerprint density at radius 1 is 0.964 bits per heavy atom. The molecule has 148 valence electrons. The molecule has 1 N–H and O–H groups in total. The van der Waals surface area contributed by atoms with E-state index in [0.717, 1.165) is 0 Å². The van der Waals surface area contributed by atoms with Gasteiger partial charge in [0.15, 0.2) is 6.10 Å². The van der Waals surface area contributed by atoms with Gasteiger partial charge in [0.25, 0.3) is 11.8 Å². The van der Waals surface area contributed by atoms with E-state index < -0.39 is 6.10 Å². The first kappa shape index (κ1) is 20.3. The van der Waals surface area contributed by atoms with Gasteiger partial charge >= 0.3 is 0 Å². The van der Waals surface area contributed by atoms with Crippen molar-refractivity contribution in [2.75, 3.05) is 26.2 Å². The van der Waals surface area contributed by atoms with E-state index in [0.29, 0.717) is 47.5 Å². The molecule has 0 spiro atoms. The van der Waals surface area contributed by atoms with Gasteiger partial charge in [-0.25, -0.2) is 0 Å². The van der Waals surface area contributed by atoms with Crippen LogP contribution in [0.1, 0.15) is 17.3 Å². The van der Waals surface area contributed by atoms with Gasteiger partial charge in [-0.15, -0.1) is 0 Å². The van der Waals surface area contributed by atoms with Crippen LogP contribution in [0.2, 0.25) is 10.0 Å². The monoisotopic (exact) mass is 422 g/mol. The third-order valence-corrected chi connectivity index (χ3v) is 5.28. The molecule has 2 amide bonds. The van der Waals surface area contributed by atoms with Crippen LogP contribution in [-0.2, 0) is 4.79 Å². The summed E-state index contributed by atoms with van der Waals surface area (Å²) in [6.45, 7) is 3.39. The van der Waals surface area contributed by atoms with Gasteiger partial charge in [-0.3, -0.25) is 9.59 Å². The minimum absolute atomic E-state index is 0.133. The average molecular weight is 423 g/mol. The summed E-state index contributed by atoms with van der Waals surface area (Å²) in [5.41, 5.74) is 0.471. The molecular formula is C20H20Cl2N2O4. The van der Waals surface area contributed by atoms with E-state index in [4.69, 9.17) is 27.9 Å². The van der Waals surface area contributed by atoms with Crippen molar-refractivity contribution in [1.29, 1.82) is 0 Å². The quantitative estimate of drug-likeness (QED) is 0.818. The number of phenolic OH excluding ortho intramolecular Hbond substituents is 1. The highest BCUT2D eigenvalue weighted by atomic mass is 35.5. The third kappa shape index (κ3) is 4.69. The second kappa shape index (κ2) is 8.71. The van der Waals surface area contributed by atoms with Crippen LogP contribution in [0.25, 0.3) is 0 Å². The van der Waals surface area contributed by atoms with E-state index in [1.807, 2.05) is 0 Å². The Morgan fingerprint density at radius 2 is 1.57 bits per heavy atom. The highest BCUT2D eigenvalue weighted by molar-refractivity contribution is 6.42. The Labute approximate surface area is 173 Å². The highest BCUT2D eigenvalue weighted by Crippen LogP contribution is 2.24. The van der Waals surface area contributed by atoms with Gasteiger partial charge in [0.1, 0.15) is 11.5 Å². The fourth-order valence-corrected chi connectivity index (χ4v) is 3.28. The molecule has 1 atom stereocenters. The highest BCUT2D eigenvalue weighted by Gasteiger charge is 2.28. The lowest BCUT2D eigenvalue weighted by Gasteiger charge is -2.36. The number of rotatable bonds is 4. The minimum atomic E-state index is -0.665. The molecule has 2 aromatic rings. The molecule has 0 aliphatic carbocycles. The fraction of sp³-hybridized carbons (Fsp3) is 0.300. The SMILES string of the molecule is CC(Oc1ccc(O)cc1)C(=O)N1CCN(C(=O)c2ccc(Cl)c(Cl)c2)CC1. The summed E-state index contributed by atoms with van der Waals surface area (Å²) < 4.78 is 5.64. The molecule has 1 unspecified atom stereocenters. The third-order valence-electron chi connectivity index (χ3n) is 4.54. The van der Waals surface area contributed by atoms with E-state index in [2.05, 4.69) is 0 Å². The van der Waals surface area contributed by atoms with Crippen LogP contribution in [0.4, 0.5) is 0 Å². The van der Waals surface area contributed by atoms with E-state index in [9.17, 15) is 14.7 Å². The number of carbonyl (C=O) groups excluding carboxylic acids is 2. The Kier molecular flexibility index (Phi) is 6.31. The standard InChI is InChI=1S/C20H20Cl2N2O4/c1-13(28-16-5-3-15(25)4-6-16)19(26)23-8-10-24(11-9-23)20(27)14-2-7-17(21)18(22)12-14/h2-7,12-13,25H,8-11H2,1H3. The molecule has 1 aliphatic rings. The number of piperazine rings is 1. The predicted octanol–water partition coefficient (Wildman–Crippen LogP) is 3.45. The van der Waals surface area contributed by atoms with Crippen molar-refractivity contribution in [1.82, 2.24) is 9.80 Å². The lowest BCUT2D eigenvalue weighted by Crippen LogP contribution is -2.53. The number of hydrogen-bond donors (Lipinski definition) is 1. The lowest BCUT2D eigenvalue weighted by atomic mass is 10.1. The van der Waals surface area contributed by atoms with Crippen molar-refractivity contribution >= 4 is 35.0 Å². The fourth-order valence-electron chi connectivity index (χ4n) is 2.98. The molecule has 3 rings (SSSR count). The number of nitrogens with zero attached hydrogens (tertiary/aromatic N) is 2. The molecule has 0 saturated carbocycles. The zero-order chi connectivity index (χ0) is 20.3. The van der Waals surface area contributed by atoms with Gasteiger partial charge in [-0.05, 0) is 49.4 Å². The van der Waals surface area contributed by atoms with Crippen molar-refractivity contribution in [3.8, 4) is 11.5 Å². The number of aromatic hydroxyl groups is 1. The van der Waals surface area contributed by atoms with Crippen molar-refractivity contribution in [2.45, 2.75) is 13.0 Å². The molecular weight excluding hydrogens is 403 g/mol. The predicted molar refractivity (Wildman–Crippen MR) is 107 cm³/mol. The van der Waals surface area contributed by atoms with Crippen LogP contribution in [-0.4, -0.2) is 59.0 Å². The van der Waals surface area contributed by atoms with Gasteiger partial charge in [-0.2, -0.15) is 0 Å². The summed E-state index contributed by atoms with van der Waals surface area (Å²) in [5, 5.41) is 10.0. The first-order chi connectivity index (χ1) is 13.3. The maximum atomic E-state index is 12.6. The number of carbonyl (C=O) groups is 2. The number of amides is 2. The largest absolute Gasteiger partial charge is 0.508 e.